The summed E-state index contributed by atoms with van der Waals surface area (Å²) >= 11 is 5.20. The van der Waals surface area contributed by atoms with Crippen LogP contribution in [0.15, 0.2) is 4.60 Å². The second-order valence-corrected chi connectivity index (χ2v) is 5.25. The minimum absolute atomic E-state index is 0.757. The van der Waals surface area contributed by atoms with E-state index in [-0.39, 0.29) is 0 Å². The number of rotatable bonds is 4. The molecular formula is C9H15BrN2S. The number of nitrogens with zero attached hydrogens (tertiary/aromatic N) is 1. The van der Waals surface area contributed by atoms with Crippen molar-refractivity contribution in [1.82, 2.24) is 4.98 Å². The Morgan fingerprint density at radius 2 is 2.23 bits per heavy atom. The van der Waals surface area contributed by atoms with Gasteiger partial charge in [0.05, 0.1) is 0 Å². The van der Waals surface area contributed by atoms with E-state index >= 15 is 0 Å². The second kappa shape index (κ2) is 4.96. The highest BCUT2D eigenvalue weighted by atomic mass is 79.9. The topological polar surface area (TPSA) is 24.9 Å². The van der Waals surface area contributed by atoms with E-state index in [2.05, 4.69) is 40.1 Å². The number of hydrogen-bond acceptors (Lipinski definition) is 3. The Balaban J connectivity index is 2.60. The van der Waals surface area contributed by atoms with Crippen LogP contribution in [0.1, 0.15) is 25.1 Å². The first kappa shape index (κ1) is 11.0. The maximum absolute atomic E-state index is 4.33. The van der Waals surface area contributed by atoms with Crippen LogP contribution in [0.5, 0.6) is 0 Å². The van der Waals surface area contributed by atoms with Crippen LogP contribution in [0.3, 0.4) is 0 Å². The average Bonchev–Trinajstić information content (AvgIpc) is 2.43. The normalized spacial score (nSPS) is 10.8. The fourth-order valence-corrected chi connectivity index (χ4v) is 2.57. The van der Waals surface area contributed by atoms with Crippen molar-refractivity contribution in [2.45, 2.75) is 26.7 Å². The lowest BCUT2D eigenvalue weighted by Crippen LogP contribution is -1.90. The number of aryl methyl sites for hydroxylation is 1. The third-order valence-corrected chi connectivity index (χ3v) is 3.86. The van der Waals surface area contributed by atoms with Gasteiger partial charge in [-0.25, -0.2) is 4.98 Å². The number of thiazole rings is 1. The van der Waals surface area contributed by atoms with E-state index in [1.54, 1.807) is 11.3 Å². The molecule has 0 radical (unpaired) electrons. The molecule has 13 heavy (non-hydrogen) atoms. The zero-order valence-corrected chi connectivity index (χ0v) is 10.6. The van der Waals surface area contributed by atoms with Gasteiger partial charge in [-0.15, -0.1) is 11.3 Å². The maximum atomic E-state index is 4.33. The number of halogens is 1. The van der Waals surface area contributed by atoms with Gasteiger partial charge < -0.3 is 5.32 Å². The quantitative estimate of drug-likeness (QED) is 0.898. The van der Waals surface area contributed by atoms with Gasteiger partial charge in [-0.2, -0.15) is 0 Å². The summed E-state index contributed by atoms with van der Waals surface area (Å²) in [5, 5.41) is 4.04. The average molecular weight is 263 g/mol. The van der Waals surface area contributed by atoms with Gasteiger partial charge in [-0.3, -0.25) is 0 Å². The van der Waals surface area contributed by atoms with Crippen LogP contribution < -0.4 is 5.32 Å². The molecule has 0 spiro atoms. The van der Waals surface area contributed by atoms with Crippen LogP contribution in [-0.2, 0) is 6.42 Å². The fraction of sp³-hybridized carbons (Fsp3) is 0.667. The summed E-state index contributed by atoms with van der Waals surface area (Å²) in [6, 6.07) is 0. The van der Waals surface area contributed by atoms with Crippen LogP contribution in [0.4, 0.5) is 5.13 Å². The molecule has 0 aromatic carbocycles. The molecule has 0 fully saturated rings. The minimum Gasteiger partial charge on any atom is -0.365 e. The number of hydrogen-bond donors (Lipinski definition) is 1. The summed E-state index contributed by atoms with van der Waals surface area (Å²) in [7, 11) is 1.90. The second-order valence-electron chi connectivity index (χ2n) is 3.42. The number of anilines is 1. The lowest BCUT2D eigenvalue weighted by atomic mass is 10.1. The van der Waals surface area contributed by atoms with E-state index in [1.165, 1.54) is 11.3 Å². The van der Waals surface area contributed by atoms with Crippen molar-refractivity contribution in [1.29, 1.82) is 0 Å². The lowest BCUT2D eigenvalue weighted by molar-refractivity contribution is 0.589. The highest BCUT2D eigenvalue weighted by molar-refractivity contribution is 9.10. The zero-order valence-electron chi connectivity index (χ0n) is 8.22. The predicted octanol–water partition coefficient (Wildman–Crippen LogP) is 3.54. The molecule has 1 aromatic rings. The summed E-state index contributed by atoms with van der Waals surface area (Å²) in [5.41, 5.74) is 0. The van der Waals surface area contributed by atoms with Gasteiger partial charge in [0.1, 0.15) is 4.60 Å². The summed E-state index contributed by atoms with van der Waals surface area (Å²) in [5.74, 6) is 0.757. The van der Waals surface area contributed by atoms with E-state index in [4.69, 9.17) is 0 Å². The van der Waals surface area contributed by atoms with E-state index in [9.17, 15) is 0 Å². The van der Waals surface area contributed by atoms with Crippen LogP contribution in [0.2, 0.25) is 0 Å². The van der Waals surface area contributed by atoms with Crippen molar-refractivity contribution in [2.75, 3.05) is 12.4 Å². The molecule has 0 aliphatic rings. The Kier molecular flexibility index (Phi) is 4.19. The van der Waals surface area contributed by atoms with Gasteiger partial charge in [0.25, 0.3) is 0 Å². The highest BCUT2D eigenvalue weighted by Crippen LogP contribution is 2.28. The molecule has 2 nitrogen and oxygen atoms in total. The third-order valence-electron chi connectivity index (χ3n) is 1.81. The Hall–Kier alpha value is -0.0900. The summed E-state index contributed by atoms with van der Waals surface area (Å²) < 4.78 is 1.00. The molecule has 0 aliphatic heterocycles. The first-order valence-corrected chi connectivity index (χ1v) is 6.07. The largest absolute Gasteiger partial charge is 0.365 e. The summed E-state index contributed by atoms with van der Waals surface area (Å²) in [6.45, 7) is 4.49. The van der Waals surface area contributed by atoms with Crippen LogP contribution in [0.25, 0.3) is 0 Å². The maximum Gasteiger partial charge on any atom is 0.183 e. The van der Waals surface area contributed by atoms with Crippen LogP contribution in [0, 0.1) is 5.92 Å². The molecule has 0 unspecified atom stereocenters. The van der Waals surface area contributed by atoms with Gasteiger partial charge in [0, 0.05) is 11.9 Å². The fourth-order valence-electron chi connectivity index (χ4n) is 1.01. The Morgan fingerprint density at radius 3 is 2.69 bits per heavy atom. The molecule has 1 rings (SSSR count). The van der Waals surface area contributed by atoms with Gasteiger partial charge >= 0.3 is 0 Å². The highest BCUT2D eigenvalue weighted by Gasteiger charge is 2.07. The lowest BCUT2D eigenvalue weighted by Gasteiger charge is -2.01. The third kappa shape index (κ3) is 3.27. The van der Waals surface area contributed by atoms with Gasteiger partial charge in [0.2, 0.25) is 0 Å². The smallest absolute Gasteiger partial charge is 0.183 e. The van der Waals surface area contributed by atoms with Crippen LogP contribution in [-0.4, -0.2) is 12.0 Å². The molecule has 0 aliphatic carbocycles. The number of aromatic nitrogens is 1. The molecule has 74 valence electrons. The Bertz CT molecular complexity index is 271. The van der Waals surface area contributed by atoms with Gasteiger partial charge in [-0.1, -0.05) is 13.8 Å². The molecule has 4 heteroatoms. The zero-order chi connectivity index (χ0) is 9.84. The van der Waals surface area contributed by atoms with Crippen molar-refractivity contribution in [2.24, 2.45) is 5.92 Å². The number of nitrogens with one attached hydrogen (secondary N) is 1. The Labute approximate surface area is 91.9 Å². The molecule has 1 aromatic heterocycles. The monoisotopic (exact) mass is 262 g/mol. The van der Waals surface area contributed by atoms with Crippen molar-refractivity contribution < 1.29 is 0 Å². The molecular weight excluding hydrogens is 248 g/mol. The van der Waals surface area contributed by atoms with Crippen molar-refractivity contribution in [3.63, 3.8) is 0 Å². The molecule has 0 saturated heterocycles. The first-order valence-electron chi connectivity index (χ1n) is 4.46. The van der Waals surface area contributed by atoms with Gasteiger partial charge in [0.15, 0.2) is 5.13 Å². The predicted molar refractivity (Wildman–Crippen MR) is 62.5 cm³/mol. The first-order chi connectivity index (χ1) is 6.13. The summed E-state index contributed by atoms with van der Waals surface area (Å²) in [6.07, 6.45) is 2.35. The van der Waals surface area contributed by atoms with E-state index in [0.717, 1.165) is 22.1 Å². The minimum atomic E-state index is 0.757. The van der Waals surface area contributed by atoms with Crippen LogP contribution >= 0.6 is 27.3 Å². The molecule has 1 N–H and O–H groups in total. The van der Waals surface area contributed by atoms with Gasteiger partial charge in [-0.05, 0) is 34.7 Å². The molecule has 0 atom stereocenters. The SMILES string of the molecule is CNc1nc(Br)c(CCC(C)C)s1. The van der Waals surface area contributed by atoms with Crippen molar-refractivity contribution in [3.05, 3.63) is 9.48 Å². The Morgan fingerprint density at radius 1 is 1.54 bits per heavy atom. The molecule has 0 amide bonds. The molecule has 1 heterocycles. The van der Waals surface area contributed by atoms with E-state index in [1.807, 2.05) is 7.05 Å². The molecule has 0 bridgehead atoms. The summed E-state index contributed by atoms with van der Waals surface area (Å²) in [4.78, 5) is 5.68. The van der Waals surface area contributed by atoms with E-state index < -0.39 is 0 Å². The van der Waals surface area contributed by atoms with Crippen molar-refractivity contribution in [3.8, 4) is 0 Å². The van der Waals surface area contributed by atoms with Crippen molar-refractivity contribution >= 4 is 32.4 Å². The molecule has 0 saturated carbocycles. The standard InChI is InChI=1S/C9H15BrN2S/c1-6(2)4-5-7-8(10)12-9(11-3)13-7/h6H,4-5H2,1-3H3,(H,11,12). The van der Waals surface area contributed by atoms with E-state index in [0.29, 0.717) is 0 Å².